The van der Waals surface area contributed by atoms with Crippen LogP contribution in [0.2, 0.25) is 0 Å². The van der Waals surface area contributed by atoms with Gasteiger partial charge in [-0.15, -0.1) is 0 Å². The zero-order valence-electron chi connectivity index (χ0n) is 26.8. The summed E-state index contributed by atoms with van der Waals surface area (Å²) in [4.78, 5) is 0.289. The monoisotopic (exact) mass is 570 g/mol. The Morgan fingerprint density at radius 1 is 0.850 bits per heavy atom. The lowest BCUT2D eigenvalue weighted by atomic mass is 9.41. The van der Waals surface area contributed by atoms with Crippen molar-refractivity contribution in [1.29, 1.82) is 0 Å². The van der Waals surface area contributed by atoms with Crippen LogP contribution in [0.4, 0.5) is 0 Å². The van der Waals surface area contributed by atoms with Gasteiger partial charge >= 0.3 is 0 Å². The van der Waals surface area contributed by atoms with Gasteiger partial charge in [0.1, 0.15) is 0 Å². The van der Waals surface area contributed by atoms with Gasteiger partial charge in [0.2, 0.25) is 0 Å². The lowest BCUT2D eigenvalue weighted by Gasteiger charge is -2.64. The molecule has 4 aliphatic rings. The summed E-state index contributed by atoms with van der Waals surface area (Å²) in [5.74, 6) is 5.46. The topological polar surface area (TPSA) is 43.4 Å². The quantitative estimate of drug-likeness (QED) is 0.292. The minimum Gasteiger partial charge on any atom is -0.263 e. The maximum Gasteiger partial charge on any atom is 0.297 e. The average Bonchev–Trinajstić information content (AvgIpc) is 3.20. The van der Waals surface area contributed by atoms with Crippen molar-refractivity contribution < 1.29 is 12.6 Å². The summed E-state index contributed by atoms with van der Waals surface area (Å²) < 4.78 is 32.8. The Hall–Kier alpha value is -0.870. The zero-order valence-corrected chi connectivity index (χ0v) is 27.7. The van der Waals surface area contributed by atoms with Crippen molar-refractivity contribution in [2.45, 2.75) is 137 Å². The standard InChI is InChI=1S/C36H58O3S/c1-24(2)10-9-11-26(4)30-17-18-31-29-16-19-33-34(5,6)22-27(23-36(33,8)32(29)20-21-35(30,31)7)39-40(37,38)28-14-12-25(3)13-15-28/h12-15,24,26-27,29-33H,9-11,16-23H2,1-8H3/t26-,27-,29+,30-,31+,32+,33+,35-,36-/m1/s1. The molecule has 9 atom stereocenters. The molecule has 40 heavy (non-hydrogen) atoms. The summed E-state index contributed by atoms with van der Waals surface area (Å²) in [6.07, 6.45) is 13.7. The Labute approximate surface area is 246 Å². The molecule has 0 N–H and O–H groups in total. The fourth-order valence-corrected chi connectivity index (χ4v) is 12.4. The van der Waals surface area contributed by atoms with Gasteiger partial charge in [0.15, 0.2) is 0 Å². The summed E-state index contributed by atoms with van der Waals surface area (Å²) in [7, 11) is -3.77. The normalized spacial score (nSPS) is 39.8. The Morgan fingerprint density at radius 2 is 1.52 bits per heavy atom. The highest BCUT2D eigenvalue weighted by Gasteiger charge is 2.63. The van der Waals surface area contributed by atoms with Crippen molar-refractivity contribution in [3.05, 3.63) is 29.8 Å². The lowest BCUT2D eigenvalue weighted by Crippen LogP contribution is -2.58. The van der Waals surface area contributed by atoms with E-state index in [1.807, 2.05) is 19.1 Å². The smallest absolute Gasteiger partial charge is 0.263 e. The molecular weight excluding hydrogens is 512 g/mol. The van der Waals surface area contributed by atoms with Gasteiger partial charge in [-0.3, -0.25) is 4.18 Å². The van der Waals surface area contributed by atoms with Gasteiger partial charge < -0.3 is 0 Å². The molecule has 0 spiro atoms. The lowest BCUT2D eigenvalue weighted by molar-refractivity contribution is -0.166. The fourth-order valence-electron chi connectivity index (χ4n) is 11.4. The first-order valence-electron chi connectivity index (χ1n) is 16.7. The van der Waals surface area contributed by atoms with Gasteiger partial charge in [-0.25, -0.2) is 0 Å². The number of benzene rings is 1. The van der Waals surface area contributed by atoms with E-state index in [9.17, 15) is 8.42 Å². The first-order chi connectivity index (χ1) is 18.7. The van der Waals surface area contributed by atoms with E-state index in [0.29, 0.717) is 17.3 Å². The Balaban J connectivity index is 1.34. The third-order valence-corrected chi connectivity index (χ3v) is 14.4. The Bertz CT molecular complexity index is 1140. The van der Waals surface area contributed by atoms with Gasteiger partial charge in [-0.05, 0) is 128 Å². The second-order valence-corrected chi connectivity index (χ2v) is 18.0. The first kappa shape index (κ1) is 30.6. The average molecular weight is 571 g/mol. The minimum atomic E-state index is -3.77. The van der Waals surface area contributed by atoms with Crippen molar-refractivity contribution in [2.24, 2.45) is 57.7 Å². The minimum absolute atomic E-state index is 0.0787. The van der Waals surface area contributed by atoms with Crippen LogP contribution < -0.4 is 0 Å². The number of fused-ring (bicyclic) bond motifs is 5. The van der Waals surface area contributed by atoms with Crippen LogP contribution in [0.3, 0.4) is 0 Å². The van der Waals surface area contributed by atoms with E-state index in [0.717, 1.165) is 48.0 Å². The summed E-state index contributed by atoms with van der Waals surface area (Å²) in [5.41, 5.74) is 1.76. The van der Waals surface area contributed by atoms with Crippen molar-refractivity contribution in [3.63, 3.8) is 0 Å². The molecule has 0 unspecified atom stereocenters. The highest BCUT2D eigenvalue weighted by Crippen LogP contribution is 2.70. The largest absolute Gasteiger partial charge is 0.297 e. The second kappa shape index (κ2) is 11.0. The van der Waals surface area contributed by atoms with Crippen molar-refractivity contribution in [2.75, 3.05) is 0 Å². The van der Waals surface area contributed by atoms with Gasteiger partial charge in [-0.2, -0.15) is 8.42 Å². The highest BCUT2D eigenvalue weighted by molar-refractivity contribution is 7.86. The fraction of sp³-hybridized carbons (Fsp3) is 0.833. The van der Waals surface area contributed by atoms with Crippen LogP contribution in [0.15, 0.2) is 29.2 Å². The molecule has 4 fully saturated rings. The maximum absolute atomic E-state index is 13.4. The molecule has 0 aliphatic heterocycles. The van der Waals surface area contributed by atoms with E-state index in [4.69, 9.17) is 4.18 Å². The summed E-state index contributed by atoms with van der Waals surface area (Å²) in [6, 6.07) is 7.12. The van der Waals surface area contributed by atoms with E-state index in [1.165, 1.54) is 57.8 Å². The van der Waals surface area contributed by atoms with Gasteiger partial charge in [-0.1, -0.05) is 85.4 Å². The van der Waals surface area contributed by atoms with Crippen LogP contribution in [-0.2, 0) is 14.3 Å². The van der Waals surface area contributed by atoms with Gasteiger partial charge in [0, 0.05) is 0 Å². The van der Waals surface area contributed by atoms with Crippen LogP contribution in [0.5, 0.6) is 0 Å². The SMILES string of the molecule is Cc1ccc(S(=O)(=O)O[C@@H]2CC(C)(C)[C@@H]3CC[C@H]4[C@@H]5CC[C@H]([C@H](C)CCCC(C)C)[C@@]5(C)CC[C@@H]4[C@@]3(C)C2)cc1. The third kappa shape index (κ3) is 5.47. The van der Waals surface area contributed by atoms with Gasteiger partial charge in [0.25, 0.3) is 10.1 Å². The summed E-state index contributed by atoms with van der Waals surface area (Å²) in [6.45, 7) is 19.2. The molecule has 1 aromatic carbocycles. The first-order valence-corrected chi connectivity index (χ1v) is 18.1. The van der Waals surface area contributed by atoms with Crippen molar-refractivity contribution in [1.82, 2.24) is 0 Å². The Morgan fingerprint density at radius 3 is 2.20 bits per heavy atom. The number of hydrogen-bond acceptors (Lipinski definition) is 3. The molecule has 0 saturated heterocycles. The van der Waals surface area contributed by atoms with Crippen LogP contribution in [-0.4, -0.2) is 14.5 Å². The molecule has 0 amide bonds. The van der Waals surface area contributed by atoms with E-state index in [-0.39, 0.29) is 21.8 Å². The molecule has 0 heterocycles. The number of rotatable bonds is 8. The second-order valence-electron chi connectivity index (χ2n) is 16.4. The van der Waals surface area contributed by atoms with Crippen LogP contribution in [0.1, 0.15) is 125 Å². The maximum atomic E-state index is 13.4. The molecule has 0 radical (unpaired) electrons. The van der Waals surface area contributed by atoms with Crippen LogP contribution in [0.25, 0.3) is 0 Å². The van der Waals surface area contributed by atoms with E-state index >= 15 is 0 Å². The van der Waals surface area contributed by atoms with Crippen LogP contribution in [0, 0.1) is 64.6 Å². The molecule has 226 valence electrons. The highest BCUT2D eigenvalue weighted by atomic mass is 32.2. The molecule has 0 bridgehead atoms. The van der Waals surface area contributed by atoms with Crippen LogP contribution >= 0.6 is 0 Å². The molecule has 1 aromatic rings. The molecule has 5 rings (SSSR count). The van der Waals surface area contributed by atoms with E-state index < -0.39 is 10.1 Å². The molecule has 4 heteroatoms. The number of hydrogen-bond donors (Lipinski definition) is 0. The molecule has 4 aliphatic carbocycles. The molecular formula is C36H58O3S. The number of aryl methyl sites for hydroxylation is 1. The third-order valence-electron chi connectivity index (χ3n) is 13.0. The van der Waals surface area contributed by atoms with E-state index in [1.54, 1.807) is 12.1 Å². The van der Waals surface area contributed by atoms with Crippen molar-refractivity contribution >= 4 is 10.1 Å². The molecule has 4 saturated carbocycles. The molecule has 3 nitrogen and oxygen atoms in total. The summed E-state index contributed by atoms with van der Waals surface area (Å²) >= 11 is 0. The van der Waals surface area contributed by atoms with E-state index in [2.05, 4.69) is 48.5 Å². The molecule has 0 aromatic heterocycles. The summed E-state index contributed by atoms with van der Waals surface area (Å²) in [5, 5.41) is 0. The zero-order chi connectivity index (χ0) is 29.1. The predicted molar refractivity (Wildman–Crippen MR) is 165 cm³/mol. The van der Waals surface area contributed by atoms with Gasteiger partial charge in [0.05, 0.1) is 11.0 Å². The predicted octanol–water partition coefficient (Wildman–Crippen LogP) is 9.83. The van der Waals surface area contributed by atoms with Crippen molar-refractivity contribution in [3.8, 4) is 0 Å². The Kier molecular flexibility index (Phi) is 8.41.